The molecule has 62 heavy (non-hydrogen) atoms. The van der Waals surface area contributed by atoms with Crippen LogP contribution in [0.15, 0.2) is 188 Å². The maximum atomic E-state index is 9.47. The van der Waals surface area contributed by atoms with E-state index >= 15 is 0 Å². The van der Waals surface area contributed by atoms with E-state index in [1.165, 1.54) is 16.7 Å². The molecule has 0 bridgehead atoms. The molecule has 0 saturated heterocycles. The molecule has 0 atom stereocenters. The van der Waals surface area contributed by atoms with Crippen molar-refractivity contribution in [3.05, 3.63) is 205 Å². The van der Waals surface area contributed by atoms with E-state index in [1.54, 1.807) is 0 Å². The Morgan fingerprint density at radius 2 is 1.31 bits per heavy atom. The third-order valence-electron chi connectivity index (χ3n) is 11.6. The number of hydrogen-bond acceptors (Lipinski definition) is 3. The van der Waals surface area contributed by atoms with Crippen molar-refractivity contribution in [2.75, 3.05) is 4.90 Å². The Morgan fingerprint density at radius 3 is 2.18 bits per heavy atom. The van der Waals surface area contributed by atoms with E-state index in [0.717, 1.165) is 66.7 Å². The maximum Gasteiger partial charge on any atom is 0.137 e. The fourth-order valence-electron chi connectivity index (χ4n) is 8.91. The van der Waals surface area contributed by atoms with Gasteiger partial charge in [-0.3, -0.25) is 4.57 Å². The SMILES string of the molecule is [2H]c1c(Oc2cc3c(c([2H])c2[2H])c2c([2H])c([2H])c([2H])c([2H])c2n3-c2cc(C([2H])([2H])[2H])c(-c3c([2H])c([2H])c([2H])c([2H])c3[2H])cn2)cc(N2Cn3c4c(C)cccc4c4cc(C)ccc4c4ccccc4c4cccc2c43)c([2H])c1[2H]. The van der Waals surface area contributed by atoms with E-state index in [0.29, 0.717) is 5.69 Å². The molecule has 5 nitrogen and oxygen atoms in total. The van der Waals surface area contributed by atoms with Gasteiger partial charge in [0.15, 0.2) is 0 Å². The number of benzene rings is 8. The van der Waals surface area contributed by atoms with Crippen LogP contribution in [-0.4, -0.2) is 14.1 Å². The van der Waals surface area contributed by atoms with E-state index in [-0.39, 0.29) is 63.1 Å². The largest absolute Gasteiger partial charge is 0.457 e. The Balaban J connectivity index is 1.08. The van der Waals surface area contributed by atoms with Crippen LogP contribution in [0.5, 0.6) is 11.5 Å². The van der Waals surface area contributed by atoms with E-state index in [4.69, 9.17) is 21.2 Å². The van der Waals surface area contributed by atoms with E-state index in [9.17, 15) is 6.85 Å². The molecule has 1 aliphatic heterocycles. The van der Waals surface area contributed by atoms with Crippen molar-refractivity contribution < 1.29 is 28.0 Å². The summed E-state index contributed by atoms with van der Waals surface area (Å²) in [6, 6.07) is 22.0. The van der Waals surface area contributed by atoms with Crippen LogP contribution >= 0.6 is 0 Å². The van der Waals surface area contributed by atoms with Gasteiger partial charge in [0.05, 0.1) is 46.9 Å². The van der Waals surface area contributed by atoms with Gasteiger partial charge >= 0.3 is 0 Å². The number of pyridine rings is 1. The molecule has 296 valence electrons. The third-order valence-corrected chi connectivity index (χ3v) is 11.6. The minimum Gasteiger partial charge on any atom is -0.457 e. The summed E-state index contributed by atoms with van der Waals surface area (Å²) in [6.07, 6.45) is 1.00. The molecule has 0 unspecified atom stereocenters. The summed E-state index contributed by atoms with van der Waals surface area (Å²) in [4.78, 5) is 6.39. The average molecular weight is 816 g/mol. The van der Waals surface area contributed by atoms with Crippen molar-refractivity contribution in [3.8, 4) is 28.4 Å². The smallest absolute Gasteiger partial charge is 0.137 e. The lowest BCUT2D eigenvalue weighted by Crippen LogP contribution is -2.14. The van der Waals surface area contributed by atoms with Gasteiger partial charge in [0.2, 0.25) is 0 Å². The van der Waals surface area contributed by atoms with E-state index in [2.05, 4.69) is 58.9 Å². The normalized spacial score (nSPS) is 16.4. The summed E-state index contributed by atoms with van der Waals surface area (Å²) in [6.45, 7) is 1.24. The highest BCUT2D eigenvalue weighted by molar-refractivity contribution is 6.21. The van der Waals surface area contributed by atoms with Crippen LogP contribution in [0.25, 0.3) is 82.1 Å². The lowest BCUT2D eigenvalue weighted by molar-refractivity contribution is 0.483. The molecule has 0 amide bonds. The summed E-state index contributed by atoms with van der Waals surface area (Å²) >= 11 is 0. The molecule has 0 N–H and O–H groups in total. The zero-order valence-electron chi connectivity index (χ0n) is 50.2. The number of aryl methyl sites for hydroxylation is 3. The van der Waals surface area contributed by atoms with Gasteiger partial charge in [-0.25, -0.2) is 4.98 Å². The Kier molecular flexibility index (Phi) is 5.15. The standard InChI is InChI=1S/C57H42N4O/c1-36-26-28-45-43-19-7-8-20-44(43)48-23-13-25-53-57(48)60(56-37(2)14-11-22-49(56)50(45)30-36)35-59(53)40-17-12-18-41(32-40)62-42-27-29-47-46-21-9-10-24-52(46)61(54(47)33-42)55-31-38(3)51(34-58-55)39-15-5-4-6-16-39/h4-34H,35H2,1-3H3/i3D3,4D,5D,6D,9D,10D,12D,15D,16D,17D,18D,21D,24D,27D,29D. The van der Waals surface area contributed by atoms with Crippen LogP contribution in [-0.2, 0) is 6.67 Å². The summed E-state index contributed by atoms with van der Waals surface area (Å²) in [7, 11) is 0. The van der Waals surface area contributed by atoms with Crippen LogP contribution in [0.4, 0.5) is 11.4 Å². The molecule has 0 spiro atoms. The fraction of sp³-hybridized carbons (Fsp3) is 0.0702. The number of rotatable bonds is 5. The first-order valence-electron chi connectivity index (χ1n) is 28.4. The quantitative estimate of drug-likeness (QED) is 0.174. The second-order valence-corrected chi connectivity index (χ2v) is 15.3. The summed E-state index contributed by atoms with van der Waals surface area (Å²) in [5, 5.41) is 5.64. The number of anilines is 2. The third kappa shape index (κ3) is 5.66. The van der Waals surface area contributed by atoms with Crippen LogP contribution in [0.1, 0.15) is 40.0 Å². The Labute approximate surface area is 383 Å². The van der Waals surface area contributed by atoms with Crippen molar-refractivity contribution in [1.82, 2.24) is 14.1 Å². The van der Waals surface area contributed by atoms with E-state index in [1.807, 2.05) is 48.2 Å². The van der Waals surface area contributed by atoms with Crippen molar-refractivity contribution in [3.63, 3.8) is 0 Å². The van der Waals surface area contributed by atoms with Crippen molar-refractivity contribution in [2.24, 2.45) is 0 Å². The van der Waals surface area contributed by atoms with Crippen molar-refractivity contribution in [2.45, 2.75) is 27.4 Å². The van der Waals surface area contributed by atoms with Gasteiger partial charge in [-0.2, -0.15) is 0 Å². The average Bonchev–Trinajstić information content (AvgIpc) is 4.02. The molecule has 0 radical (unpaired) electrons. The molecule has 11 aromatic rings. The molecule has 1 aliphatic rings. The lowest BCUT2D eigenvalue weighted by atomic mass is 9.99. The molecule has 3 aromatic heterocycles. The molecule has 0 saturated carbocycles. The van der Waals surface area contributed by atoms with Gasteiger partial charge in [0, 0.05) is 55.2 Å². The second kappa shape index (κ2) is 14.1. The topological polar surface area (TPSA) is 35.2 Å². The fourth-order valence-corrected chi connectivity index (χ4v) is 8.91. The maximum absolute atomic E-state index is 9.47. The highest BCUT2D eigenvalue weighted by Crippen LogP contribution is 2.44. The van der Waals surface area contributed by atoms with Gasteiger partial charge in [0.1, 0.15) is 24.0 Å². The number of hydrogen-bond donors (Lipinski definition) is 0. The number of fused-ring (bicyclic) bond motifs is 10. The minimum absolute atomic E-state index is 0.100. The zero-order chi connectivity index (χ0) is 56.2. The van der Waals surface area contributed by atoms with Crippen molar-refractivity contribution in [1.29, 1.82) is 0 Å². The molecule has 12 rings (SSSR count). The van der Waals surface area contributed by atoms with Gasteiger partial charge in [-0.1, -0.05) is 133 Å². The number of para-hydroxylation sites is 3. The summed E-state index contributed by atoms with van der Waals surface area (Å²) in [5.74, 6) is -0.923. The minimum atomic E-state index is -3.03. The first-order valence-corrected chi connectivity index (χ1v) is 19.9. The molecule has 5 heteroatoms. The monoisotopic (exact) mass is 815 g/mol. The van der Waals surface area contributed by atoms with Gasteiger partial charge in [0.25, 0.3) is 0 Å². The molecule has 0 fully saturated rings. The zero-order valence-corrected chi connectivity index (χ0v) is 33.2. The number of nitrogens with zero attached hydrogens (tertiary/aromatic N) is 4. The van der Waals surface area contributed by atoms with Crippen LogP contribution < -0.4 is 9.64 Å². The van der Waals surface area contributed by atoms with E-state index < -0.39 is 96.5 Å². The Hall–Kier alpha value is -7.89. The van der Waals surface area contributed by atoms with Gasteiger partial charge in [-0.05, 0) is 101 Å². The van der Waals surface area contributed by atoms with Crippen molar-refractivity contribution >= 4 is 76.5 Å². The molecule has 0 aliphatic carbocycles. The predicted octanol–water partition coefficient (Wildman–Crippen LogP) is 15.2. The summed E-state index contributed by atoms with van der Waals surface area (Å²) < 4.78 is 160. The molecular weight excluding hydrogens is 757 g/mol. The Bertz CT molecular complexity index is 4610. The predicted molar refractivity (Wildman–Crippen MR) is 259 cm³/mol. The Morgan fingerprint density at radius 1 is 0.565 bits per heavy atom. The first-order chi connectivity index (χ1) is 37.5. The van der Waals surface area contributed by atoms with Crippen LogP contribution in [0.3, 0.4) is 0 Å². The second-order valence-electron chi connectivity index (χ2n) is 15.3. The summed E-state index contributed by atoms with van der Waals surface area (Å²) in [5.41, 5.74) is 3.09. The van der Waals surface area contributed by atoms with Gasteiger partial charge in [-0.15, -0.1) is 0 Å². The number of aromatic nitrogens is 3. The van der Waals surface area contributed by atoms with Crippen LogP contribution in [0, 0.1) is 20.7 Å². The number of ether oxygens (including phenoxy) is 1. The van der Waals surface area contributed by atoms with Crippen LogP contribution in [0.2, 0.25) is 0 Å². The molecule has 4 heterocycles. The highest BCUT2D eigenvalue weighted by Gasteiger charge is 2.25. The first kappa shape index (κ1) is 22.6. The molecule has 8 aromatic carbocycles. The molecular formula is C57H42N4O. The van der Waals surface area contributed by atoms with Gasteiger partial charge < -0.3 is 14.2 Å². The highest BCUT2D eigenvalue weighted by atomic mass is 16.5. The lowest BCUT2D eigenvalue weighted by Gasteiger charge is -2.21.